The van der Waals surface area contributed by atoms with Crippen molar-refractivity contribution in [1.82, 2.24) is 9.55 Å². The van der Waals surface area contributed by atoms with Crippen LogP contribution in [0.15, 0.2) is 40.3 Å². The third-order valence-corrected chi connectivity index (χ3v) is 7.11. The first kappa shape index (κ1) is 19.2. The first-order valence-corrected chi connectivity index (χ1v) is 11.3. The molecule has 7 heteroatoms. The van der Waals surface area contributed by atoms with Gasteiger partial charge in [0.1, 0.15) is 4.83 Å². The van der Waals surface area contributed by atoms with Crippen molar-refractivity contribution in [3.8, 4) is 5.69 Å². The summed E-state index contributed by atoms with van der Waals surface area (Å²) < 4.78 is 6.42. The number of hydrogen-bond donors (Lipinski definition) is 0. The van der Waals surface area contributed by atoms with E-state index < -0.39 is 0 Å². The summed E-state index contributed by atoms with van der Waals surface area (Å²) in [6, 6.07) is 9.61. The molecule has 0 saturated heterocycles. The van der Waals surface area contributed by atoms with E-state index in [4.69, 9.17) is 9.72 Å². The molecule has 4 rings (SSSR count). The molecule has 5 nitrogen and oxygen atoms in total. The molecule has 0 fully saturated rings. The maximum Gasteiger partial charge on any atom is 0.306 e. The van der Waals surface area contributed by atoms with Crippen molar-refractivity contribution < 1.29 is 9.53 Å². The summed E-state index contributed by atoms with van der Waals surface area (Å²) in [6.45, 7) is 0. The summed E-state index contributed by atoms with van der Waals surface area (Å²) in [5.74, 6) is 0.257. The van der Waals surface area contributed by atoms with E-state index in [-0.39, 0.29) is 17.9 Å². The van der Waals surface area contributed by atoms with Crippen molar-refractivity contribution in [1.29, 1.82) is 0 Å². The summed E-state index contributed by atoms with van der Waals surface area (Å²) in [5.41, 5.74) is 2.00. The van der Waals surface area contributed by atoms with Crippen LogP contribution in [0.25, 0.3) is 15.9 Å². The van der Waals surface area contributed by atoms with Crippen LogP contribution in [0.3, 0.4) is 0 Å². The molecule has 0 atom stereocenters. The second kappa shape index (κ2) is 8.49. The van der Waals surface area contributed by atoms with Crippen molar-refractivity contribution in [3.05, 3.63) is 51.1 Å². The van der Waals surface area contributed by atoms with Crippen LogP contribution in [-0.2, 0) is 22.4 Å². The van der Waals surface area contributed by atoms with Gasteiger partial charge in [-0.05, 0) is 43.4 Å². The number of thioether (sulfide) groups is 1. The molecule has 0 saturated carbocycles. The van der Waals surface area contributed by atoms with Crippen LogP contribution < -0.4 is 5.56 Å². The summed E-state index contributed by atoms with van der Waals surface area (Å²) in [5, 5.41) is 1.41. The fourth-order valence-electron chi connectivity index (χ4n) is 3.59. The average molecular weight is 415 g/mol. The molecular formula is C21H22N2O3S2. The van der Waals surface area contributed by atoms with Crippen molar-refractivity contribution in [2.75, 3.05) is 12.9 Å². The molecule has 2 aromatic heterocycles. The van der Waals surface area contributed by atoms with Crippen LogP contribution >= 0.6 is 23.1 Å². The minimum absolute atomic E-state index is 0.00355. The van der Waals surface area contributed by atoms with Gasteiger partial charge >= 0.3 is 5.97 Å². The van der Waals surface area contributed by atoms with E-state index in [1.54, 1.807) is 15.9 Å². The number of benzene rings is 1. The van der Waals surface area contributed by atoms with E-state index in [0.717, 1.165) is 35.2 Å². The smallest absolute Gasteiger partial charge is 0.306 e. The lowest BCUT2D eigenvalue weighted by Crippen LogP contribution is -2.22. The van der Waals surface area contributed by atoms with E-state index >= 15 is 0 Å². The van der Waals surface area contributed by atoms with E-state index in [1.165, 1.54) is 42.2 Å². The minimum Gasteiger partial charge on any atom is -0.469 e. The molecule has 0 amide bonds. The summed E-state index contributed by atoms with van der Waals surface area (Å²) in [4.78, 5) is 32.1. The fraction of sp³-hybridized carbons (Fsp3) is 0.381. The van der Waals surface area contributed by atoms with Crippen LogP contribution in [0.5, 0.6) is 0 Å². The second-order valence-corrected chi connectivity index (χ2v) is 8.94. The maximum atomic E-state index is 13.6. The van der Waals surface area contributed by atoms with Gasteiger partial charge < -0.3 is 4.74 Å². The zero-order valence-corrected chi connectivity index (χ0v) is 17.4. The Morgan fingerprint density at radius 2 is 2.00 bits per heavy atom. The third kappa shape index (κ3) is 3.73. The number of aromatic nitrogens is 2. The largest absolute Gasteiger partial charge is 0.469 e. The number of esters is 1. The van der Waals surface area contributed by atoms with Gasteiger partial charge in [-0.3, -0.25) is 14.2 Å². The highest BCUT2D eigenvalue weighted by molar-refractivity contribution is 7.99. The zero-order valence-electron chi connectivity index (χ0n) is 15.8. The van der Waals surface area contributed by atoms with Crippen LogP contribution in [-0.4, -0.2) is 28.4 Å². The number of thiophene rings is 1. The Morgan fingerprint density at radius 3 is 2.79 bits per heavy atom. The van der Waals surface area contributed by atoms with Gasteiger partial charge in [0, 0.05) is 10.6 Å². The normalized spacial score (nSPS) is 13.9. The number of nitrogens with zero attached hydrogens (tertiary/aromatic N) is 2. The Morgan fingerprint density at radius 1 is 1.21 bits per heavy atom. The van der Waals surface area contributed by atoms with Gasteiger partial charge in [0.05, 0.1) is 24.6 Å². The Kier molecular flexibility index (Phi) is 5.82. The monoisotopic (exact) mass is 414 g/mol. The van der Waals surface area contributed by atoms with Crippen LogP contribution in [0, 0.1) is 0 Å². The number of fused-ring (bicyclic) bond motifs is 3. The molecule has 1 aliphatic carbocycles. The molecule has 0 radical (unpaired) electrons. The first-order valence-electron chi connectivity index (χ1n) is 9.51. The molecule has 3 aromatic rings. The van der Waals surface area contributed by atoms with E-state index in [1.807, 2.05) is 30.3 Å². The predicted molar refractivity (Wildman–Crippen MR) is 114 cm³/mol. The molecule has 0 unspecified atom stereocenters. The quantitative estimate of drug-likeness (QED) is 0.268. The average Bonchev–Trinajstić information content (AvgIpc) is 2.90. The standard InChI is InChI=1S/C21H22N2O3S2/c1-26-17(24)12-13-27-21-22-19-18(15-10-6-3-7-11-16(15)28-19)20(25)23(21)14-8-4-2-5-9-14/h2,4-5,8-9H,3,6-7,10-13H2,1H3. The van der Waals surface area contributed by atoms with Gasteiger partial charge in [-0.25, -0.2) is 4.98 Å². The number of carbonyl (C=O) groups is 1. The summed E-state index contributed by atoms with van der Waals surface area (Å²) in [7, 11) is 1.38. The lowest BCUT2D eigenvalue weighted by atomic mass is 10.1. The molecule has 0 spiro atoms. The van der Waals surface area contributed by atoms with Crippen molar-refractivity contribution in [2.45, 2.75) is 43.7 Å². The van der Waals surface area contributed by atoms with Crippen LogP contribution in [0.4, 0.5) is 0 Å². The van der Waals surface area contributed by atoms with Crippen LogP contribution in [0.1, 0.15) is 36.1 Å². The van der Waals surface area contributed by atoms with Crippen molar-refractivity contribution in [3.63, 3.8) is 0 Å². The Bertz CT molecular complexity index is 1060. The third-order valence-electron chi connectivity index (χ3n) is 4.99. The Balaban J connectivity index is 1.84. The second-order valence-electron chi connectivity index (χ2n) is 6.79. The van der Waals surface area contributed by atoms with E-state index in [9.17, 15) is 9.59 Å². The van der Waals surface area contributed by atoms with Gasteiger partial charge in [0.25, 0.3) is 5.56 Å². The maximum absolute atomic E-state index is 13.6. The lowest BCUT2D eigenvalue weighted by Gasteiger charge is -2.12. The van der Waals surface area contributed by atoms with Crippen molar-refractivity contribution in [2.24, 2.45) is 0 Å². The molecule has 0 bridgehead atoms. The van der Waals surface area contributed by atoms with Gasteiger partial charge in [-0.1, -0.05) is 36.4 Å². The first-order chi connectivity index (χ1) is 13.7. The predicted octanol–water partition coefficient (Wildman–Crippen LogP) is 4.37. The molecule has 146 valence electrons. The van der Waals surface area contributed by atoms with Gasteiger partial charge in [-0.2, -0.15) is 0 Å². The number of aryl methyl sites for hydroxylation is 2. The Labute approximate surface area is 171 Å². The number of methoxy groups -OCH3 is 1. The molecule has 2 heterocycles. The minimum atomic E-state index is -0.259. The molecule has 0 aliphatic heterocycles. The number of hydrogen-bond acceptors (Lipinski definition) is 6. The SMILES string of the molecule is COC(=O)CCSc1nc2sc3c(c2c(=O)n1-c1ccccc1)CCCCC3. The molecular weight excluding hydrogens is 392 g/mol. The fourth-order valence-corrected chi connectivity index (χ4v) is 5.83. The Hall–Kier alpha value is -2.12. The van der Waals surface area contributed by atoms with Gasteiger partial charge in [0.15, 0.2) is 5.16 Å². The number of carbonyl (C=O) groups excluding carboxylic acids is 1. The van der Waals surface area contributed by atoms with Crippen LogP contribution in [0.2, 0.25) is 0 Å². The lowest BCUT2D eigenvalue weighted by molar-refractivity contribution is -0.140. The summed E-state index contributed by atoms with van der Waals surface area (Å²) >= 11 is 3.08. The topological polar surface area (TPSA) is 61.2 Å². The highest BCUT2D eigenvalue weighted by Crippen LogP contribution is 2.34. The molecule has 0 N–H and O–H groups in total. The van der Waals surface area contributed by atoms with Crippen molar-refractivity contribution >= 4 is 39.3 Å². The molecule has 1 aromatic carbocycles. The number of ether oxygens (including phenoxy) is 1. The highest BCUT2D eigenvalue weighted by Gasteiger charge is 2.22. The summed E-state index contributed by atoms with van der Waals surface area (Å²) in [6.07, 6.45) is 5.78. The highest BCUT2D eigenvalue weighted by atomic mass is 32.2. The van der Waals surface area contributed by atoms with E-state index in [0.29, 0.717) is 10.9 Å². The van der Waals surface area contributed by atoms with Gasteiger partial charge in [0.2, 0.25) is 0 Å². The van der Waals surface area contributed by atoms with Gasteiger partial charge in [-0.15, -0.1) is 11.3 Å². The van der Waals surface area contributed by atoms with E-state index in [2.05, 4.69) is 0 Å². The number of rotatable bonds is 5. The molecule has 1 aliphatic rings. The molecule has 28 heavy (non-hydrogen) atoms. The zero-order chi connectivity index (χ0) is 19.5. The number of para-hydroxylation sites is 1.